The number of methoxy groups -OCH3 is 1. The lowest BCUT2D eigenvalue weighted by Gasteiger charge is -2.32. The molecule has 0 aliphatic carbocycles. The molecule has 0 saturated carbocycles. The summed E-state index contributed by atoms with van der Waals surface area (Å²) < 4.78 is 63.8. The van der Waals surface area contributed by atoms with Crippen molar-refractivity contribution in [2.24, 2.45) is 0 Å². The molecule has 0 spiro atoms. The lowest BCUT2D eigenvalue weighted by Crippen LogP contribution is -2.41. The quantitative estimate of drug-likeness (QED) is 0.595. The smallest absolute Gasteiger partial charge is 0.468 e. The fourth-order valence-electron chi connectivity index (χ4n) is 2.43. The van der Waals surface area contributed by atoms with Crippen molar-refractivity contribution < 1.29 is 36.7 Å². The van der Waals surface area contributed by atoms with Crippen LogP contribution >= 0.6 is 0 Å². The lowest BCUT2D eigenvalue weighted by atomic mass is 9.75. The van der Waals surface area contributed by atoms with Gasteiger partial charge in [0.1, 0.15) is 11.5 Å². The number of halogens is 3. The van der Waals surface area contributed by atoms with Crippen LogP contribution in [-0.4, -0.2) is 38.6 Å². The Kier molecular flexibility index (Phi) is 5.32. The van der Waals surface area contributed by atoms with Crippen LogP contribution in [0.3, 0.4) is 0 Å². The second kappa shape index (κ2) is 6.70. The second-order valence-corrected chi connectivity index (χ2v) is 6.84. The van der Waals surface area contributed by atoms with E-state index in [1.807, 2.05) is 27.7 Å². The molecule has 1 aromatic carbocycles. The Labute approximate surface area is 145 Å². The molecule has 0 bridgehead atoms. The van der Waals surface area contributed by atoms with Gasteiger partial charge in [-0.15, -0.1) is 13.2 Å². The molecule has 9 heteroatoms. The highest BCUT2D eigenvalue weighted by Gasteiger charge is 2.53. The van der Waals surface area contributed by atoms with Crippen LogP contribution in [0.4, 0.5) is 13.2 Å². The van der Waals surface area contributed by atoms with Gasteiger partial charge < -0.3 is 23.5 Å². The van der Waals surface area contributed by atoms with Crippen LogP contribution in [0.5, 0.6) is 11.5 Å². The van der Waals surface area contributed by atoms with Crippen LogP contribution in [0.1, 0.15) is 33.3 Å². The van der Waals surface area contributed by atoms with Crippen molar-refractivity contribution in [2.75, 3.05) is 13.9 Å². The summed E-state index contributed by atoms with van der Waals surface area (Å²) >= 11 is 0. The molecule has 0 unspecified atom stereocenters. The molecule has 0 N–H and O–H groups in total. The summed E-state index contributed by atoms with van der Waals surface area (Å²) in [6, 6.07) is 2.42. The van der Waals surface area contributed by atoms with Gasteiger partial charge in [0.15, 0.2) is 6.79 Å². The molecular weight excluding hydrogens is 340 g/mol. The van der Waals surface area contributed by atoms with Gasteiger partial charge >= 0.3 is 13.5 Å². The SMILES string of the molecule is COCOc1cc(OC(F)(F)F)cc(C)c1B1OC(C)(C)C(C)(C)O1. The maximum Gasteiger partial charge on any atom is 0.573 e. The molecule has 140 valence electrons. The van der Waals surface area contributed by atoms with Crippen molar-refractivity contribution in [3.05, 3.63) is 17.7 Å². The van der Waals surface area contributed by atoms with Crippen LogP contribution in [-0.2, 0) is 14.0 Å². The van der Waals surface area contributed by atoms with Crippen molar-refractivity contribution in [1.29, 1.82) is 0 Å². The zero-order valence-electron chi connectivity index (χ0n) is 15.1. The van der Waals surface area contributed by atoms with Crippen LogP contribution in [0.2, 0.25) is 0 Å². The summed E-state index contributed by atoms with van der Waals surface area (Å²) in [6.45, 7) is 9.06. The molecule has 0 radical (unpaired) electrons. The van der Waals surface area contributed by atoms with Gasteiger partial charge in [0.05, 0.1) is 11.2 Å². The van der Waals surface area contributed by atoms with E-state index in [1.54, 1.807) is 6.92 Å². The first kappa shape index (κ1) is 19.9. The Morgan fingerprint density at radius 2 is 1.64 bits per heavy atom. The summed E-state index contributed by atoms with van der Waals surface area (Å²) in [4.78, 5) is 0. The Hall–Kier alpha value is -1.45. The summed E-state index contributed by atoms with van der Waals surface area (Å²) in [5.41, 5.74) is -0.190. The Bertz CT molecular complexity index is 615. The molecule has 1 aliphatic rings. The first-order valence-electron chi connectivity index (χ1n) is 7.74. The van der Waals surface area contributed by atoms with Crippen molar-refractivity contribution in [3.8, 4) is 11.5 Å². The topological polar surface area (TPSA) is 46.2 Å². The minimum absolute atomic E-state index is 0.137. The highest BCUT2D eigenvalue weighted by molar-refractivity contribution is 6.63. The van der Waals surface area contributed by atoms with Gasteiger partial charge in [0.2, 0.25) is 0 Å². The summed E-state index contributed by atoms with van der Waals surface area (Å²) in [5.74, 6) is -0.226. The van der Waals surface area contributed by atoms with Gasteiger partial charge in [0, 0.05) is 18.6 Å². The molecule has 0 amide bonds. The third-order valence-electron chi connectivity index (χ3n) is 4.38. The third kappa shape index (κ3) is 4.40. The number of aryl methyl sites for hydroxylation is 1. The first-order valence-corrected chi connectivity index (χ1v) is 7.74. The molecule has 1 heterocycles. The van der Waals surface area contributed by atoms with E-state index >= 15 is 0 Å². The highest BCUT2D eigenvalue weighted by Crippen LogP contribution is 2.38. The number of alkyl halides is 3. The molecule has 1 aromatic rings. The van der Waals surface area contributed by atoms with Gasteiger partial charge in [-0.3, -0.25) is 0 Å². The molecule has 1 fully saturated rings. The van der Waals surface area contributed by atoms with Gasteiger partial charge in [0.25, 0.3) is 0 Å². The maximum absolute atomic E-state index is 12.5. The Morgan fingerprint density at radius 3 is 2.12 bits per heavy atom. The predicted molar refractivity (Wildman–Crippen MR) is 86.1 cm³/mol. The van der Waals surface area contributed by atoms with E-state index in [-0.39, 0.29) is 18.3 Å². The van der Waals surface area contributed by atoms with E-state index in [2.05, 4.69) is 4.74 Å². The number of rotatable bonds is 5. The number of hydrogen-bond acceptors (Lipinski definition) is 5. The Morgan fingerprint density at radius 1 is 1.08 bits per heavy atom. The van der Waals surface area contributed by atoms with Crippen molar-refractivity contribution in [3.63, 3.8) is 0 Å². The van der Waals surface area contributed by atoms with E-state index in [9.17, 15) is 13.2 Å². The second-order valence-electron chi connectivity index (χ2n) is 6.84. The zero-order chi connectivity index (χ0) is 19.0. The van der Waals surface area contributed by atoms with E-state index in [0.29, 0.717) is 11.0 Å². The minimum atomic E-state index is -4.79. The van der Waals surface area contributed by atoms with Crippen molar-refractivity contribution >= 4 is 12.6 Å². The van der Waals surface area contributed by atoms with E-state index in [1.165, 1.54) is 13.2 Å². The summed E-state index contributed by atoms with van der Waals surface area (Å²) in [6.07, 6.45) is -4.79. The fourth-order valence-corrected chi connectivity index (χ4v) is 2.43. The molecular formula is C16H22BF3O5. The lowest BCUT2D eigenvalue weighted by molar-refractivity contribution is -0.274. The molecule has 25 heavy (non-hydrogen) atoms. The first-order chi connectivity index (χ1) is 11.4. The molecule has 1 saturated heterocycles. The fraction of sp³-hybridized carbons (Fsp3) is 0.625. The molecule has 0 atom stereocenters. The maximum atomic E-state index is 12.5. The van der Waals surface area contributed by atoms with Crippen molar-refractivity contribution in [1.82, 2.24) is 0 Å². The summed E-state index contributed by atoms with van der Waals surface area (Å²) in [5, 5.41) is 0. The minimum Gasteiger partial charge on any atom is -0.468 e. The number of benzene rings is 1. The molecule has 0 aromatic heterocycles. The monoisotopic (exact) mass is 362 g/mol. The van der Waals surface area contributed by atoms with Crippen LogP contribution in [0, 0.1) is 6.92 Å². The van der Waals surface area contributed by atoms with Crippen LogP contribution in [0.25, 0.3) is 0 Å². The van der Waals surface area contributed by atoms with Gasteiger partial charge in [-0.25, -0.2) is 0 Å². The van der Waals surface area contributed by atoms with Crippen LogP contribution < -0.4 is 14.9 Å². The third-order valence-corrected chi connectivity index (χ3v) is 4.38. The van der Waals surface area contributed by atoms with Crippen LogP contribution in [0.15, 0.2) is 12.1 Å². The molecule has 2 rings (SSSR count). The van der Waals surface area contributed by atoms with Crippen molar-refractivity contribution in [2.45, 2.75) is 52.2 Å². The van der Waals surface area contributed by atoms with Gasteiger partial charge in [-0.05, 0) is 46.2 Å². The average molecular weight is 362 g/mol. The standard InChI is InChI=1S/C16H22BF3O5/c1-10-7-11(23-16(18,19)20)8-12(22-9-21-6)13(10)17-24-14(2,3)15(4,5)25-17/h7-8H,9H2,1-6H3. The van der Waals surface area contributed by atoms with E-state index in [0.717, 1.165) is 6.07 Å². The van der Waals surface area contributed by atoms with E-state index in [4.69, 9.17) is 18.8 Å². The highest BCUT2D eigenvalue weighted by atomic mass is 19.4. The average Bonchev–Trinajstić information content (AvgIpc) is 2.62. The number of hydrogen-bond donors (Lipinski definition) is 0. The van der Waals surface area contributed by atoms with Gasteiger partial charge in [-0.1, -0.05) is 0 Å². The Balaban J connectivity index is 2.43. The summed E-state index contributed by atoms with van der Waals surface area (Å²) in [7, 11) is 0.633. The van der Waals surface area contributed by atoms with Gasteiger partial charge in [-0.2, -0.15) is 0 Å². The number of ether oxygens (including phenoxy) is 3. The molecule has 5 nitrogen and oxygen atoms in total. The molecule has 1 aliphatic heterocycles. The van der Waals surface area contributed by atoms with E-state index < -0.39 is 24.7 Å². The zero-order valence-corrected chi connectivity index (χ0v) is 15.1. The largest absolute Gasteiger partial charge is 0.573 e. The normalized spacial score (nSPS) is 19.2. The predicted octanol–water partition coefficient (Wildman–Crippen LogP) is 3.18.